The van der Waals surface area contributed by atoms with E-state index < -0.39 is 0 Å². The number of morpholine rings is 1. The number of aromatic nitrogens is 1. The van der Waals surface area contributed by atoms with Crippen LogP contribution in [0, 0.1) is 0 Å². The first-order valence-electron chi connectivity index (χ1n) is 9.05. The van der Waals surface area contributed by atoms with Gasteiger partial charge in [-0.25, -0.2) is 4.98 Å². The zero-order valence-electron chi connectivity index (χ0n) is 14.7. The number of hydrogen-bond acceptors (Lipinski definition) is 6. The number of aryl methyl sites for hydroxylation is 2. The van der Waals surface area contributed by atoms with Gasteiger partial charge in [-0.1, -0.05) is 24.3 Å². The van der Waals surface area contributed by atoms with E-state index in [1.165, 1.54) is 16.0 Å². The maximum atomic E-state index is 12.2. The standard InChI is InChI=1S/C19H23N3O2S2/c23-17(13-25-12-9-22-7-10-24-11-8-22)20-19-21-18-15-4-2-1-3-14(15)5-6-16(18)26-19/h1-4H,5-13H2,(H,20,21,23). The second-order valence-electron chi connectivity index (χ2n) is 6.50. The lowest BCUT2D eigenvalue weighted by molar-refractivity contribution is -0.113. The molecule has 0 spiro atoms. The van der Waals surface area contributed by atoms with Crippen molar-refractivity contribution in [2.45, 2.75) is 12.8 Å². The van der Waals surface area contributed by atoms with Crippen LogP contribution < -0.4 is 5.32 Å². The molecule has 5 nitrogen and oxygen atoms in total. The minimum absolute atomic E-state index is 0.0383. The number of nitrogens with one attached hydrogen (secondary N) is 1. The van der Waals surface area contributed by atoms with Crippen molar-refractivity contribution >= 4 is 34.1 Å². The summed E-state index contributed by atoms with van der Waals surface area (Å²) in [7, 11) is 0. The van der Waals surface area contributed by atoms with E-state index in [0.29, 0.717) is 5.75 Å². The molecular weight excluding hydrogens is 366 g/mol. The van der Waals surface area contributed by atoms with Crippen LogP contribution in [0.5, 0.6) is 0 Å². The molecule has 0 radical (unpaired) electrons. The Morgan fingerprint density at radius 2 is 2.12 bits per heavy atom. The molecule has 0 atom stereocenters. The number of benzene rings is 1. The molecule has 1 aliphatic heterocycles. The third-order valence-electron chi connectivity index (χ3n) is 4.73. The highest BCUT2D eigenvalue weighted by Crippen LogP contribution is 2.37. The first kappa shape index (κ1) is 18.0. The van der Waals surface area contributed by atoms with Gasteiger partial charge in [0.1, 0.15) is 0 Å². The molecular formula is C19H23N3O2S2. The number of rotatable bonds is 6. The molecule has 0 bridgehead atoms. The second kappa shape index (κ2) is 8.52. The Bertz CT molecular complexity index is 772. The highest BCUT2D eigenvalue weighted by molar-refractivity contribution is 7.99. The summed E-state index contributed by atoms with van der Waals surface area (Å²) in [4.78, 5) is 20.6. The Morgan fingerprint density at radius 1 is 1.27 bits per heavy atom. The average Bonchev–Trinajstić information content (AvgIpc) is 3.09. The number of carbonyl (C=O) groups is 1. The molecule has 2 aromatic rings. The van der Waals surface area contributed by atoms with Gasteiger partial charge in [0.15, 0.2) is 5.13 Å². The summed E-state index contributed by atoms with van der Waals surface area (Å²) in [6.45, 7) is 4.66. The Morgan fingerprint density at radius 3 is 3.00 bits per heavy atom. The molecule has 1 fully saturated rings. The topological polar surface area (TPSA) is 54.5 Å². The van der Waals surface area contributed by atoms with Gasteiger partial charge < -0.3 is 10.1 Å². The predicted octanol–water partition coefficient (Wildman–Crippen LogP) is 2.91. The number of amides is 1. The summed E-state index contributed by atoms with van der Waals surface area (Å²) in [6, 6.07) is 8.42. The first-order chi connectivity index (χ1) is 12.8. The highest BCUT2D eigenvalue weighted by atomic mass is 32.2. The van der Waals surface area contributed by atoms with E-state index in [-0.39, 0.29) is 5.91 Å². The van der Waals surface area contributed by atoms with Crippen LogP contribution in [0.4, 0.5) is 5.13 Å². The van der Waals surface area contributed by atoms with E-state index in [2.05, 4.69) is 39.5 Å². The molecule has 1 aromatic carbocycles. The van der Waals surface area contributed by atoms with E-state index in [1.807, 2.05) is 0 Å². The van der Waals surface area contributed by atoms with Crippen LogP contribution in [-0.2, 0) is 22.4 Å². The maximum absolute atomic E-state index is 12.2. The zero-order chi connectivity index (χ0) is 17.8. The fraction of sp³-hybridized carbons (Fsp3) is 0.474. The smallest absolute Gasteiger partial charge is 0.236 e. The number of anilines is 1. The van der Waals surface area contributed by atoms with Gasteiger partial charge in [-0.3, -0.25) is 9.69 Å². The summed E-state index contributed by atoms with van der Waals surface area (Å²) in [5.41, 5.74) is 3.61. The number of thiazole rings is 1. The third-order valence-corrected chi connectivity index (χ3v) is 6.69. The summed E-state index contributed by atoms with van der Waals surface area (Å²) < 4.78 is 5.35. The van der Waals surface area contributed by atoms with Crippen molar-refractivity contribution in [1.82, 2.24) is 9.88 Å². The number of carbonyl (C=O) groups excluding carboxylic acids is 1. The quantitative estimate of drug-likeness (QED) is 0.770. The number of nitrogens with zero attached hydrogens (tertiary/aromatic N) is 2. The second-order valence-corrected chi connectivity index (χ2v) is 8.69. The Hall–Kier alpha value is -1.41. The fourth-order valence-electron chi connectivity index (χ4n) is 3.34. The van der Waals surface area contributed by atoms with Crippen LogP contribution in [0.25, 0.3) is 11.3 Å². The summed E-state index contributed by atoms with van der Waals surface area (Å²) in [5, 5.41) is 3.71. The fourth-order valence-corrected chi connectivity index (χ4v) is 5.12. The monoisotopic (exact) mass is 389 g/mol. The number of hydrogen-bond donors (Lipinski definition) is 1. The number of ether oxygens (including phenoxy) is 1. The van der Waals surface area contributed by atoms with Gasteiger partial charge in [-0.15, -0.1) is 11.3 Å². The van der Waals surface area contributed by atoms with Gasteiger partial charge in [-0.2, -0.15) is 11.8 Å². The van der Waals surface area contributed by atoms with Crippen LogP contribution in [-0.4, -0.2) is 60.1 Å². The lowest BCUT2D eigenvalue weighted by Crippen LogP contribution is -2.37. The minimum atomic E-state index is 0.0383. The molecule has 1 aromatic heterocycles. The molecule has 2 aliphatic rings. The predicted molar refractivity (Wildman–Crippen MR) is 108 cm³/mol. The van der Waals surface area contributed by atoms with Crippen LogP contribution in [0.3, 0.4) is 0 Å². The molecule has 0 unspecified atom stereocenters. The Balaban J connectivity index is 1.27. The van der Waals surface area contributed by atoms with E-state index >= 15 is 0 Å². The molecule has 1 amide bonds. The van der Waals surface area contributed by atoms with Crippen LogP contribution in [0.2, 0.25) is 0 Å². The third kappa shape index (κ3) is 4.28. The average molecular weight is 390 g/mol. The van der Waals surface area contributed by atoms with Crippen LogP contribution in [0.15, 0.2) is 24.3 Å². The van der Waals surface area contributed by atoms with E-state index in [9.17, 15) is 4.79 Å². The molecule has 2 heterocycles. The number of thioether (sulfide) groups is 1. The van der Waals surface area contributed by atoms with E-state index in [0.717, 1.165) is 62.3 Å². The number of fused-ring (bicyclic) bond motifs is 3. The molecule has 1 N–H and O–H groups in total. The lowest BCUT2D eigenvalue weighted by Gasteiger charge is -2.26. The van der Waals surface area contributed by atoms with Crippen molar-refractivity contribution in [3.05, 3.63) is 34.7 Å². The molecule has 138 valence electrons. The first-order valence-corrected chi connectivity index (χ1v) is 11.0. The summed E-state index contributed by atoms with van der Waals surface area (Å²) in [5.74, 6) is 1.48. The van der Waals surface area contributed by atoms with E-state index in [1.54, 1.807) is 23.1 Å². The van der Waals surface area contributed by atoms with Crippen molar-refractivity contribution in [2.24, 2.45) is 0 Å². The van der Waals surface area contributed by atoms with Crippen molar-refractivity contribution in [2.75, 3.05) is 49.7 Å². The van der Waals surface area contributed by atoms with Gasteiger partial charge in [0, 0.05) is 35.8 Å². The largest absolute Gasteiger partial charge is 0.379 e. The highest BCUT2D eigenvalue weighted by Gasteiger charge is 2.21. The minimum Gasteiger partial charge on any atom is -0.379 e. The maximum Gasteiger partial charge on any atom is 0.236 e. The van der Waals surface area contributed by atoms with Gasteiger partial charge in [0.2, 0.25) is 5.91 Å². The van der Waals surface area contributed by atoms with Gasteiger partial charge in [0.25, 0.3) is 0 Å². The van der Waals surface area contributed by atoms with Crippen molar-refractivity contribution in [1.29, 1.82) is 0 Å². The normalized spacial score (nSPS) is 16.8. The van der Waals surface area contributed by atoms with E-state index in [4.69, 9.17) is 4.74 Å². The molecule has 0 saturated carbocycles. The van der Waals surface area contributed by atoms with Gasteiger partial charge in [-0.05, 0) is 18.4 Å². The van der Waals surface area contributed by atoms with Crippen LogP contribution >= 0.6 is 23.1 Å². The Labute approximate surface area is 162 Å². The van der Waals surface area contributed by atoms with Gasteiger partial charge >= 0.3 is 0 Å². The summed E-state index contributed by atoms with van der Waals surface area (Å²) in [6.07, 6.45) is 2.06. The summed E-state index contributed by atoms with van der Waals surface area (Å²) >= 11 is 3.29. The van der Waals surface area contributed by atoms with Crippen molar-refractivity contribution in [3.63, 3.8) is 0 Å². The molecule has 1 aliphatic carbocycles. The molecule has 7 heteroatoms. The van der Waals surface area contributed by atoms with Crippen molar-refractivity contribution < 1.29 is 9.53 Å². The zero-order valence-corrected chi connectivity index (χ0v) is 16.3. The van der Waals surface area contributed by atoms with Crippen molar-refractivity contribution in [3.8, 4) is 11.3 Å². The lowest BCUT2D eigenvalue weighted by atomic mass is 9.94. The van der Waals surface area contributed by atoms with Gasteiger partial charge in [0.05, 0.1) is 24.7 Å². The SMILES string of the molecule is O=C(CSCCN1CCOCC1)Nc1nc2c(s1)CCc1ccccc1-2. The van der Waals surface area contributed by atoms with Crippen LogP contribution in [0.1, 0.15) is 10.4 Å². The Kier molecular flexibility index (Phi) is 5.89. The molecule has 26 heavy (non-hydrogen) atoms. The molecule has 1 saturated heterocycles. The molecule has 4 rings (SSSR count).